The summed E-state index contributed by atoms with van der Waals surface area (Å²) in [5.74, 6) is -0.879. The molecule has 0 amide bonds. The Bertz CT molecular complexity index is 1610. The second-order valence-electron chi connectivity index (χ2n) is 22.4. The number of esters is 3. The number of carbonyl (C=O) groups is 3. The summed E-state index contributed by atoms with van der Waals surface area (Å²) in [6, 6.07) is 0. The van der Waals surface area contributed by atoms with Crippen LogP contribution in [-0.4, -0.2) is 37.2 Å². The van der Waals surface area contributed by atoms with E-state index >= 15 is 0 Å². The highest BCUT2D eigenvalue weighted by molar-refractivity contribution is 5.71. The van der Waals surface area contributed by atoms with Crippen molar-refractivity contribution < 1.29 is 28.6 Å². The molecule has 458 valence electrons. The van der Waals surface area contributed by atoms with Gasteiger partial charge in [0, 0.05) is 19.3 Å². The van der Waals surface area contributed by atoms with Gasteiger partial charge >= 0.3 is 17.9 Å². The van der Waals surface area contributed by atoms with E-state index in [9.17, 15) is 14.4 Å². The third-order valence-corrected chi connectivity index (χ3v) is 14.5. The number of carbonyl (C=O) groups excluding carboxylic acids is 3. The zero-order chi connectivity index (χ0) is 57.8. The van der Waals surface area contributed by atoms with Crippen molar-refractivity contribution >= 4 is 17.9 Å². The number of ether oxygens (including phenoxy) is 3. The zero-order valence-electron chi connectivity index (χ0n) is 52.6. The molecule has 0 aliphatic carbocycles. The predicted molar refractivity (Wildman–Crippen MR) is 348 cm³/mol. The van der Waals surface area contributed by atoms with Gasteiger partial charge in [0.25, 0.3) is 0 Å². The first-order valence-electron chi connectivity index (χ1n) is 33.9. The van der Waals surface area contributed by atoms with Crippen molar-refractivity contribution in [2.75, 3.05) is 13.2 Å². The van der Waals surface area contributed by atoms with Crippen molar-refractivity contribution in [2.24, 2.45) is 0 Å². The lowest BCUT2D eigenvalue weighted by molar-refractivity contribution is -0.167. The molecule has 0 aromatic heterocycles. The molecule has 0 spiro atoms. The van der Waals surface area contributed by atoms with Gasteiger partial charge in [-0.15, -0.1) is 0 Å². The number of unbranched alkanes of at least 4 members (excludes halogenated alkanes) is 32. The minimum Gasteiger partial charge on any atom is -0.462 e. The molecule has 0 N–H and O–H groups in total. The van der Waals surface area contributed by atoms with Crippen molar-refractivity contribution in [3.8, 4) is 0 Å². The molecule has 6 nitrogen and oxygen atoms in total. The number of allylic oxidation sites excluding steroid dienone is 18. The minimum absolute atomic E-state index is 0.0787. The van der Waals surface area contributed by atoms with Crippen molar-refractivity contribution in [3.05, 3.63) is 109 Å². The van der Waals surface area contributed by atoms with Crippen molar-refractivity contribution in [1.29, 1.82) is 0 Å². The maximum atomic E-state index is 12.9. The quantitative estimate of drug-likeness (QED) is 0.0261. The van der Waals surface area contributed by atoms with Crippen LogP contribution in [0.15, 0.2) is 109 Å². The third kappa shape index (κ3) is 64.9. The number of rotatable bonds is 61. The first-order chi connectivity index (χ1) is 39.5. The Hall–Kier alpha value is -3.93. The smallest absolute Gasteiger partial charge is 0.306 e. The molecule has 0 bridgehead atoms. The molecule has 0 radical (unpaired) electrons. The van der Waals surface area contributed by atoms with Gasteiger partial charge in [0.05, 0.1) is 0 Å². The predicted octanol–water partition coefficient (Wildman–Crippen LogP) is 23.4. The fourth-order valence-electron chi connectivity index (χ4n) is 9.45. The Morgan fingerprint density at radius 2 is 0.487 bits per heavy atom. The monoisotopic (exact) mass is 1110 g/mol. The molecule has 0 rings (SSSR count). The Balaban J connectivity index is 4.22. The van der Waals surface area contributed by atoms with Crippen LogP contribution in [0.3, 0.4) is 0 Å². The van der Waals surface area contributed by atoms with Gasteiger partial charge in [0.2, 0.25) is 0 Å². The highest BCUT2D eigenvalue weighted by Crippen LogP contribution is 2.16. The lowest BCUT2D eigenvalue weighted by atomic mass is 10.0. The van der Waals surface area contributed by atoms with Crippen LogP contribution in [0.5, 0.6) is 0 Å². The van der Waals surface area contributed by atoms with Crippen molar-refractivity contribution in [3.63, 3.8) is 0 Å². The Labute approximate surface area is 495 Å². The first-order valence-corrected chi connectivity index (χ1v) is 33.9. The standard InChI is InChI=1S/C74H126O6/c1-4-7-10-13-16-19-22-25-27-29-30-31-32-33-34-35-36-37-38-39-40-41-42-43-44-46-47-49-52-55-58-61-64-67-73(76)79-70-71(69-78-72(75)66-63-60-57-54-51-24-21-18-15-12-9-6-3)80-74(77)68-65-62-59-56-53-50-48-45-28-26-23-20-17-14-11-8-5-2/h7,10,16-17,19-20,25-28,30-31,33-34,36-37,39-40,71H,4-6,8-9,11-15,18,21-24,29,32,35,38,41-70H2,1-3H3/b10-7-,19-16-,20-17-,27-25-,28-26-,31-30-,34-33-,37-36-,40-39-. The largest absolute Gasteiger partial charge is 0.462 e. The van der Waals surface area contributed by atoms with E-state index in [0.29, 0.717) is 19.3 Å². The van der Waals surface area contributed by atoms with E-state index < -0.39 is 6.10 Å². The summed E-state index contributed by atoms with van der Waals surface area (Å²) in [5, 5.41) is 0. The molecule has 0 aromatic carbocycles. The van der Waals surface area contributed by atoms with Crippen LogP contribution in [0.25, 0.3) is 0 Å². The summed E-state index contributed by atoms with van der Waals surface area (Å²) in [6.07, 6.45) is 92.5. The van der Waals surface area contributed by atoms with Crippen LogP contribution < -0.4 is 0 Å². The second-order valence-corrected chi connectivity index (χ2v) is 22.4. The van der Waals surface area contributed by atoms with Crippen LogP contribution in [0.1, 0.15) is 323 Å². The molecule has 0 fully saturated rings. The van der Waals surface area contributed by atoms with Gasteiger partial charge in [0.15, 0.2) is 6.10 Å². The van der Waals surface area contributed by atoms with Gasteiger partial charge in [-0.25, -0.2) is 0 Å². The number of hydrogen-bond acceptors (Lipinski definition) is 6. The fraction of sp³-hybridized carbons (Fsp3) is 0.716. The van der Waals surface area contributed by atoms with Crippen molar-refractivity contribution in [2.45, 2.75) is 329 Å². The van der Waals surface area contributed by atoms with E-state index in [4.69, 9.17) is 14.2 Å². The van der Waals surface area contributed by atoms with E-state index in [2.05, 4.69) is 130 Å². The maximum Gasteiger partial charge on any atom is 0.306 e. The summed E-state index contributed by atoms with van der Waals surface area (Å²) in [4.78, 5) is 38.3. The van der Waals surface area contributed by atoms with Crippen LogP contribution in [0.4, 0.5) is 0 Å². The molecule has 0 aromatic rings. The van der Waals surface area contributed by atoms with Crippen molar-refractivity contribution in [1.82, 2.24) is 0 Å². The molecule has 6 heteroatoms. The molecule has 1 atom stereocenters. The molecule has 80 heavy (non-hydrogen) atoms. The van der Waals surface area contributed by atoms with E-state index in [1.165, 1.54) is 167 Å². The topological polar surface area (TPSA) is 78.9 Å². The molecular formula is C74H126O6. The highest BCUT2D eigenvalue weighted by Gasteiger charge is 2.19. The maximum absolute atomic E-state index is 12.9. The van der Waals surface area contributed by atoms with E-state index in [1.807, 2.05) is 0 Å². The number of hydrogen-bond donors (Lipinski definition) is 0. The molecular weight excluding hydrogens is 985 g/mol. The van der Waals surface area contributed by atoms with E-state index in [1.54, 1.807) is 0 Å². The second kappa shape index (κ2) is 67.6. The summed E-state index contributed by atoms with van der Waals surface area (Å²) < 4.78 is 16.9. The average molecular weight is 1110 g/mol. The Morgan fingerprint density at radius 1 is 0.263 bits per heavy atom. The van der Waals surface area contributed by atoms with Gasteiger partial charge in [-0.2, -0.15) is 0 Å². The van der Waals surface area contributed by atoms with Gasteiger partial charge in [-0.3, -0.25) is 14.4 Å². The summed E-state index contributed by atoms with van der Waals surface area (Å²) >= 11 is 0. The van der Waals surface area contributed by atoms with Gasteiger partial charge in [0.1, 0.15) is 13.2 Å². The normalized spacial score (nSPS) is 12.8. The lowest BCUT2D eigenvalue weighted by Crippen LogP contribution is -2.30. The summed E-state index contributed by atoms with van der Waals surface area (Å²) in [6.45, 7) is 6.51. The first kappa shape index (κ1) is 76.1. The van der Waals surface area contributed by atoms with Gasteiger partial charge < -0.3 is 14.2 Å². The highest BCUT2D eigenvalue weighted by atomic mass is 16.6. The Kier molecular flexibility index (Phi) is 64.3. The SMILES string of the molecule is CC/C=C\C/C=C\C/C=C\C/C=C\C/C=C\C/C=C\C/C=C\CCCCCCCCCCCCCC(=O)OCC(COC(=O)CCCCCCCCCCCCCC)OC(=O)CCCCCCCCC/C=C\C/C=C\CCCCC. The van der Waals surface area contributed by atoms with Gasteiger partial charge in [-0.1, -0.05) is 304 Å². The van der Waals surface area contributed by atoms with Crippen LogP contribution in [-0.2, 0) is 28.6 Å². The average Bonchev–Trinajstić information content (AvgIpc) is 3.46. The zero-order valence-corrected chi connectivity index (χ0v) is 52.6. The van der Waals surface area contributed by atoms with Gasteiger partial charge in [-0.05, 0) is 109 Å². The minimum atomic E-state index is -0.783. The molecule has 0 aliphatic rings. The van der Waals surface area contributed by atoms with Crippen LogP contribution in [0.2, 0.25) is 0 Å². The third-order valence-electron chi connectivity index (χ3n) is 14.5. The van der Waals surface area contributed by atoms with Crippen LogP contribution >= 0.6 is 0 Å². The Morgan fingerprint density at radius 3 is 0.787 bits per heavy atom. The van der Waals surface area contributed by atoms with Crippen LogP contribution in [0, 0.1) is 0 Å². The summed E-state index contributed by atoms with van der Waals surface area (Å²) in [7, 11) is 0. The van der Waals surface area contributed by atoms with E-state index in [-0.39, 0.29) is 31.1 Å². The molecule has 0 saturated heterocycles. The molecule has 1 unspecified atom stereocenters. The molecule has 0 saturated carbocycles. The molecule has 0 aliphatic heterocycles. The fourth-order valence-corrected chi connectivity index (χ4v) is 9.45. The summed E-state index contributed by atoms with van der Waals surface area (Å²) in [5.41, 5.74) is 0. The van der Waals surface area contributed by atoms with E-state index in [0.717, 1.165) is 116 Å². The molecule has 0 heterocycles. The lowest BCUT2D eigenvalue weighted by Gasteiger charge is -2.18.